The number of amides is 1. The number of carbonyl (C=O) groups is 1. The molecule has 4 nitrogen and oxygen atoms in total. The Kier molecular flexibility index (Phi) is 3.76. The van der Waals surface area contributed by atoms with Crippen LogP contribution in [0.2, 0.25) is 0 Å². The molecule has 0 aliphatic carbocycles. The van der Waals surface area contributed by atoms with Crippen molar-refractivity contribution in [3.05, 3.63) is 90.0 Å². The molecule has 0 aromatic heterocycles. The molecule has 3 aromatic carbocycles. The average Bonchev–Trinajstić information content (AvgIpc) is 3.31. The molecule has 0 bridgehead atoms. The molecule has 1 spiro atoms. The van der Waals surface area contributed by atoms with E-state index in [4.69, 9.17) is 0 Å². The van der Waals surface area contributed by atoms with E-state index in [0.717, 1.165) is 27.9 Å². The number of nitrogens with zero attached hydrogens (tertiary/aromatic N) is 2. The van der Waals surface area contributed by atoms with Gasteiger partial charge in [-0.1, -0.05) is 78.5 Å². The Morgan fingerprint density at radius 2 is 1.67 bits per heavy atom. The highest BCUT2D eigenvalue weighted by Gasteiger charge is 2.53. The van der Waals surface area contributed by atoms with Gasteiger partial charge in [-0.25, -0.2) is 0 Å². The smallest absolute Gasteiger partial charge is 0.270 e. The fourth-order valence-electron chi connectivity index (χ4n) is 3.67. The van der Waals surface area contributed by atoms with Gasteiger partial charge in [0, 0.05) is 5.56 Å². The van der Waals surface area contributed by atoms with E-state index < -0.39 is 4.87 Å². The van der Waals surface area contributed by atoms with Crippen molar-refractivity contribution in [1.82, 2.24) is 5.43 Å². The predicted molar refractivity (Wildman–Crippen MR) is 110 cm³/mol. The molecule has 5 rings (SSSR count). The summed E-state index contributed by atoms with van der Waals surface area (Å²) in [5.41, 5.74) is 10.0. The van der Waals surface area contributed by atoms with Crippen LogP contribution in [0.15, 0.2) is 84.0 Å². The number of anilines is 1. The molecule has 0 saturated heterocycles. The van der Waals surface area contributed by atoms with Gasteiger partial charge >= 0.3 is 0 Å². The van der Waals surface area contributed by atoms with Crippen LogP contribution in [0, 0.1) is 0 Å². The summed E-state index contributed by atoms with van der Waals surface area (Å²) in [6.07, 6.45) is 0. The first-order chi connectivity index (χ1) is 13.3. The lowest BCUT2D eigenvalue weighted by molar-refractivity contribution is -0.121. The normalized spacial score (nSPS) is 20.1. The first-order valence-corrected chi connectivity index (χ1v) is 9.68. The third kappa shape index (κ3) is 2.54. The summed E-state index contributed by atoms with van der Waals surface area (Å²) in [6, 6.07) is 26.5. The highest BCUT2D eigenvalue weighted by Crippen LogP contribution is 2.49. The molecule has 3 aromatic rings. The molecular formula is C22H17N3OS. The van der Waals surface area contributed by atoms with E-state index in [1.165, 1.54) is 11.8 Å². The van der Waals surface area contributed by atoms with Crippen molar-refractivity contribution >= 4 is 28.9 Å². The molecule has 0 saturated carbocycles. The van der Waals surface area contributed by atoms with Gasteiger partial charge in [-0.05, 0) is 28.8 Å². The molecule has 1 atom stereocenters. The van der Waals surface area contributed by atoms with Crippen LogP contribution in [-0.4, -0.2) is 11.5 Å². The van der Waals surface area contributed by atoms with Crippen molar-refractivity contribution in [3.63, 3.8) is 0 Å². The SMILES string of the molecule is O=C1N(Cc2ccccc2)c2ccc(-c3ccccc3)cc2C12NN=CS2. The van der Waals surface area contributed by atoms with Gasteiger partial charge in [-0.15, -0.1) is 0 Å². The highest BCUT2D eigenvalue weighted by atomic mass is 32.2. The lowest BCUT2D eigenvalue weighted by Crippen LogP contribution is -2.44. The van der Waals surface area contributed by atoms with Gasteiger partial charge in [0.05, 0.1) is 17.8 Å². The zero-order chi connectivity index (χ0) is 18.3. The number of carbonyl (C=O) groups excluding carboxylic acids is 1. The van der Waals surface area contributed by atoms with E-state index in [2.05, 4.69) is 34.8 Å². The van der Waals surface area contributed by atoms with Crippen LogP contribution in [0.25, 0.3) is 11.1 Å². The first kappa shape index (κ1) is 16.1. The third-order valence-corrected chi connectivity index (χ3v) is 6.06. The molecule has 2 aliphatic heterocycles. The topological polar surface area (TPSA) is 44.7 Å². The summed E-state index contributed by atoms with van der Waals surface area (Å²) >= 11 is 1.43. The number of rotatable bonds is 3. The molecule has 1 N–H and O–H groups in total. The zero-order valence-electron chi connectivity index (χ0n) is 14.5. The van der Waals surface area contributed by atoms with Crippen molar-refractivity contribution in [3.8, 4) is 11.1 Å². The lowest BCUT2D eigenvalue weighted by Gasteiger charge is -2.22. The van der Waals surface area contributed by atoms with Crippen LogP contribution in [0.3, 0.4) is 0 Å². The number of fused-ring (bicyclic) bond motifs is 2. The number of benzene rings is 3. The fourth-order valence-corrected chi connectivity index (χ4v) is 4.54. The van der Waals surface area contributed by atoms with Gasteiger partial charge in [0.1, 0.15) is 0 Å². The number of hydrogen-bond donors (Lipinski definition) is 1. The molecule has 5 heteroatoms. The minimum atomic E-state index is -0.866. The standard InChI is InChI=1S/C22H17N3OS/c26-21-22(24-23-15-27-22)19-13-18(17-9-5-2-6-10-17)11-12-20(19)25(21)14-16-7-3-1-4-8-16/h1-13,15,24H,14H2. The van der Waals surface area contributed by atoms with E-state index >= 15 is 0 Å². The quantitative estimate of drug-likeness (QED) is 0.745. The number of thioether (sulfide) groups is 1. The first-order valence-electron chi connectivity index (χ1n) is 8.80. The second-order valence-electron chi connectivity index (χ2n) is 6.62. The van der Waals surface area contributed by atoms with Gasteiger partial charge in [0.25, 0.3) is 5.91 Å². The molecule has 2 aliphatic rings. The largest absolute Gasteiger partial charge is 0.304 e. The Hall–Kier alpha value is -3.05. The predicted octanol–water partition coefficient (Wildman–Crippen LogP) is 4.33. The molecule has 27 heavy (non-hydrogen) atoms. The minimum absolute atomic E-state index is 0.0223. The number of hydrazone groups is 1. The van der Waals surface area contributed by atoms with Crippen LogP contribution in [-0.2, 0) is 16.2 Å². The van der Waals surface area contributed by atoms with Crippen molar-refractivity contribution in [2.24, 2.45) is 5.10 Å². The van der Waals surface area contributed by atoms with Gasteiger partial charge < -0.3 is 4.90 Å². The van der Waals surface area contributed by atoms with Gasteiger partial charge in [0.15, 0.2) is 0 Å². The number of nitrogens with one attached hydrogen (secondary N) is 1. The summed E-state index contributed by atoms with van der Waals surface area (Å²) in [6.45, 7) is 0.543. The molecule has 0 fully saturated rings. The van der Waals surface area contributed by atoms with Crippen molar-refractivity contribution in [2.75, 3.05) is 4.90 Å². The fraction of sp³-hybridized carbons (Fsp3) is 0.0909. The van der Waals surface area contributed by atoms with Gasteiger partial charge in [0.2, 0.25) is 4.87 Å². The van der Waals surface area contributed by atoms with Gasteiger partial charge in [-0.2, -0.15) is 5.10 Å². The van der Waals surface area contributed by atoms with E-state index in [9.17, 15) is 4.79 Å². The Labute approximate surface area is 161 Å². The minimum Gasteiger partial charge on any atom is -0.304 e. The van der Waals surface area contributed by atoms with Crippen molar-refractivity contribution in [1.29, 1.82) is 0 Å². The molecule has 132 valence electrons. The monoisotopic (exact) mass is 371 g/mol. The summed E-state index contributed by atoms with van der Waals surface area (Å²) < 4.78 is 0. The van der Waals surface area contributed by atoms with E-state index in [-0.39, 0.29) is 5.91 Å². The maximum Gasteiger partial charge on any atom is 0.270 e. The Bertz CT molecular complexity index is 1030. The second-order valence-corrected chi connectivity index (χ2v) is 7.68. The van der Waals surface area contributed by atoms with E-state index in [1.807, 2.05) is 59.5 Å². The molecule has 1 amide bonds. The molecule has 1 unspecified atom stereocenters. The van der Waals surface area contributed by atoms with E-state index in [1.54, 1.807) is 5.55 Å². The van der Waals surface area contributed by atoms with Crippen LogP contribution in [0.5, 0.6) is 0 Å². The summed E-state index contributed by atoms with van der Waals surface area (Å²) in [4.78, 5) is 14.4. The highest BCUT2D eigenvalue weighted by molar-refractivity contribution is 8.13. The second kappa shape index (κ2) is 6.28. The summed E-state index contributed by atoms with van der Waals surface area (Å²) in [5, 5.41) is 4.15. The Morgan fingerprint density at radius 3 is 2.37 bits per heavy atom. The zero-order valence-corrected chi connectivity index (χ0v) is 15.3. The Morgan fingerprint density at radius 1 is 0.926 bits per heavy atom. The lowest BCUT2D eigenvalue weighted by atomic mass is 9.99. The molecular weight excluding hydrogens is 354 g/mol. The maximum atomic E-state index is 13.4. The molecule has 2 heterocycles. The van der Waals surface area contributed by atoms with Crippen LogP contribution in [0.1, 0.15) is 11.1 Å². The molecule has 0 radical (unpaired) electrons. The summed E-state index contributed by atoms with van der Waals surface area (Å²) in [5.74, 6) is 0.0223. The van der Waals surface area contributed by atoms with Gasteiger partial charge in [-0.3, -0.25) is 10.2 Å². The van der Waals surface area contributed by atoms with Crippen molar-refractivity contribution < 1.29 is 4.79 Å². The third-order valence-electron chi connectivity index (χ3n) is 5.01. The van der Waals surface area contributed by atoms with Crippen LogP contribution in [0.4, 0.5) is 5.69 Å². The summed E-state index contributed by atoms with van der Waals surface area (Å²) in [7, 11) is 0. The maximum absolute atomic E-state index is 13.4. The van der Waals surface area contributed by atoms with Crippen LogP contribution >= 0.6 is 11.8 Å². The van der Waals surface area contributed by atoms with Crippen molar-refractivity contribution in [2.45, 2.75) is 11.4 Å². The average molecular weight is 371 g/mol. The Balaban J connectivity index is 1.61. The number of hydrogen-bond acceptors (Lipinski definition) is 4. The van der Waals surface area contributed by atoms with E-state index in [0.29, 0.717) is 6.54 Å². The van der Waals surface area contributed by atoms with Crippen LogP contribution < -0.4 is 10.3 Å².